The van der Waals surface area contributed by atoms with Gasteiger partial charge in [-0.3, -0.25) is 10.1 Å². The molecule has 0 saturated carbocycles. The Morgan fingerprint density at radius 1 is 1.47 bits per heavy atom. The summed E-state index contributed by atoms with van der Waals surface area (Å²) in [4.78, 5) is 16.7. The number of nitrogens with one attached hydrogen (secondary N) is 1. The van der Waals surface area contributed by atoms with Crippen molar-refractivity contribution >= 4 is 11.5 Å². The molecule has 0 bridgehead atoms. The third-order valence-corrected chi connectivity index (χ3v) is 2.67. The zero-order chi connectivity index (χ0) is 14.3. The normalized spacial score (nSPS) is 10.7. The summed E-state index contributed by atoms with van der Waals surface area (Å²) in [6.07, 6.45) is 0. The lowest BCUT2D eigenvalue weighted by Gasteiger charge is -2.16. The van der Waals surface area contributed by atoms with Gasteiger partial charge >= 0.3 is 5.69 Å². The van der Waals surface area contributed by atoms with E-state index >= 15 is 0 Å². The first-order valence-electron chi connectivity index (χ1n) is 6.08. The van der Waals surface area contributed by atoms with Crippen LogP contribution < -0.4 is 5.32 Å². The van der Waals surface area contributed by atoms with Crippen molar-refractivity contribution in [1.29, 1.82) is 0 Å². The number of aryl methyl sites for hydroxylation is 1. The van der Waals surface area contributed by atoms with Gasteiger partial charge in [-0.2, -0.15) is 0 Å². The predicted octanol–water partition coefficient (Wildman–Crippen LogP) is 1.29. The van der Waals surface area contributed by atoms with E-state index in [1.165, 1.54) is 6.07 Å². The highest BCUT2D eigenvalue weighted by Crippen LogP contribution is 2.21. The Morgan fingerprint density at radius 2 is 2.21 bits per heavy atom. The molecule has 0 atom stereocenters. The first-order valence-corrected chi connectivity index (χ1v) is 6.08. The molecule has 0 aromatic carbocycles. The zero-order valence-electron chi connectivity index (χ0n) is 11.5. The van der Waals surface area contributed by atoms with Gasteiger partial charge in [0.2, 0.25) is 5.82 Å². The smallest absolute Gasteiger partial charge is 0.311 e. The van der Waals surface area contributed by atoms with Crippen molar-refractivity contribution in [3.05, 3.63) is 27.9 Å². The van der Waals surface area contributed by atoms with Gasteiger partial charge in [-0.25, -0.2) is 4.98 Å². The number of nitro groups is 1. The summed E-state index contributed by atoms with van der Waals surface area (Å²) < 4.78 is 4.98. The van der Waals surface area contributed by atoms with Crippen molar-refractivity contribution in [2.24, 2.45) is 0 Å². The van der Waals surface area contributed by atoms with E-state index in [0.717, 1.165) is 18.8 Å². The van der Waals surface area contributed by atoms with Crippen LogP contribution in [0.3, 0.4) is 0 Å². The van der Waals surface area contributed by atoms with Gasteiger partial charge in [-0.15, -0.1) is 0 Å². The van der Waals surface area contributed by atoms with Crippen LogP contribution in [0.2, 0.25) is 0 Å². The molecule has 7 heteroatoms. The number of anilines is 1. The van der Waals surface area contributed by atoms with Crippen molar-refractivity contribution in [3.63, 3.8) is 0 Å². The lowest BCUT2D eigenvalue weighted by Crippen LogP contribution is -2.28. The van der Waals surface area contributed by atoms with Crippen LogP contribution in [0, 0.1) is 17.0 Å². The molecule has 0 radical (unpaired) electrons. The van der Waals surface area contributed by atoms with Gasteiger partial charge in [0.25, 0.3) is 0 Å². The van der Waals surface area contributed by atoms with E-state index in [2.05, 4.69) is 15.2 Å². The van der Waals surface area contributed by atoms with Crippen molar-refractivity contribution in [2.45, 2.75) is 6.92 Å². The standard InChI is InChI=1S/C12H20N4O3/c1-10-4-5-11(16(17)18)12(14-10)13-6-7-15(2)8-9-19-3/h4-5H,6-9H2,1-3H3,(H,13,14). The van der Waals surface area contributed by atoms with Crippen LogP contribution in [0.4, 0.5) is 11.5 Å². The van der Waals surface area contributed by atoms with E-state index in [9.17, 15) is 10.1 Å². The number of methoxy groups -OCH3 is 1. The zero-order valence-corrected chi connectivity index (χ0v) is 11.5. The summed E-state index contributed by atoms with van der Waals surface area (Å²) in [5.74, 6) is 0.324. The van der Waals surface area contributed by atoms with Gasteiger partial charge in [0.15, 0.2) is 0 Å². The molecule has 0 aliphatic rings. The quantitative estimate of drug-likeness (QED) is 0.565. The summed E-state index contributed by atoms with van der Waals surface area (Å²) in [5, 5.41) is 13.9. The molecule has 1 rings (SSSR count). The highest BCUT2D eigenvalue weighted by atomic mass is 16.6. The van der Waals surface area contributed by atoms with Crippen molar-refractivity contribution in [2.75, 3.05) is 45.7 Å². The molecule has 1 aromatic heterocycles. The van der Waals surface area contributed by atoms with Crippen molar-refractivity contribution in [3.8, 4) is 0 Å². The molecule has 1 N–H and O–H groups in total. The fourth-order valence-electron chi connectivity index (χ4n) is 1.55. The van der Waals surface area contributed by atoms with E-state index in [1.807, 2.05) is 7.05 Å². The minimum Gasteiger partial charge on any atom is -0.383 e. The van der Waals surface area contributed by atoms with Crippen molar-refractivity contribution < 1.29 is 9.66 Å². The Hall–Kier alpha value is -1.73. The Morgan fingerprint density at radius 3 is 2.84 bits per heavy atom. The predicted molar refractivity (Wildman–Crippen MR) is 73.5 cm³/mol. The van der Waals surface area contributed by atoms with Gasteiger partial charge in [0, 0.05) is 38.5 Å². The maximum atomic E-state index is 10.9. The Labute approximate surface area is 112 Å². The summed E-state index contributed by atoms with van der Waals surface area (Å²) >= 11 is 0. The van der Waals surface area contributed by atoms with E-state index < -0.39 is 4.92 Å². The highest BCUT2D eigenvalue weighted by Gasteiger charge is 2.14. The summed E-state index contributed by atoms with van der Waals surface area (Å²) in [7, 11) is 3.63. The molecule has 0 saturated heterocycles. The minimum absolute atomic E-state index is 0.00476. The van der Waals surface area contributed by atoms with Crippen LogP contribution in [0.5, 0.6) is 0 Å². The molecule has 0 unspecified atom stereocenters. The van der Waals surface area contributed by atoms with Gasteiger partial charge in [0.05, 0.1) is 11.5 Å². The Kier molecular flexibility index (Phi) is 6.17. The van der Waals surface area contributed by atoms with E-state index in [0.29, 0.717) is 19.0 Å². The van der Waals surface area contributed by atoms with Gasteiger partial charge in [0.1, 0.15) is 0 Å². The molecule has 0 fully saturated rings. The molecule has 0 aliphatic heterocycles. The average molecular weight is 268 g/mol. The fourth-order valence-corrected chi connectivity index (χ4v) is 1.55. The molecule has 7 nitrogen and oxygen atoms in total. The lowest BCUT2D eigenvalue weighted by atomic mass is 10.3. The Bertz CT molecular complexity index is 425. The monoisotopic (exact) mass is 268 g/mol. The molecule has 1 aromatic rings. The lowest BCUT2D eigenvalue weighted by molar-refractivity contribution is -0.384. The largest absolute Gasteiger partial charge is 0.383 e. The summed E-state index contributed by atoms with van der Waals surface area (Å²) in [6.45, 7) is 4.65. The number of ether oxygens (including phenoxy) is 1. The highest BCUT2D eigenvalue weighted by molar-refractivity contribution is 5.56. The summed E-state index contributed by atoms with van der Waals surface area (Å²) in [6, 6.07) is 3.10. The van der Waals surface area contributed by atoms with Crippen LogP contribution in [-0.4, -0.2) is 55.2 Å². The first-order chi connectivity index (χ1) is 9.04. The van der Waals surface area contributed by atoms with Crippen LogP contribution in [0.15, 0.2) is 12.1 Å². The second-order valence-electron chi connectivity index (χ2n) is 4.30. The summed E-state index contributed by atoms with van der Waals surface area (Å²) in [5.41, 5.74) is 0.756. The second kappa shape index (κ2) is 7.65. The molecular formula is C12H20N4O3. The van der Waals surface area contributed by atoms with Gasteiger partial charge < -0.3 is 15.0 Å². The third kappa shape index (κ3) is 5.19. The number of hydrogen-bond acceptors (Lipinski definition) is 6. The fraction of sp³-hybridized carbons (Fsp3) is 0.583. The number of likely N-dealkylation sites (N-methyl/N-ethyl adjacent to an activating group) is 1. The maximum absolute atomic E-state index is 10.9. The second-order valence-corrected chi connectivity index (χ2v) is 4.30. The topological polar surface area (TPSA) is 80.5 Å². The molecular weight excluding hydrogens is 248 g/mol. The number of aromatic nitrogens is 1. The van der Waals surface area contributed by atoms with Crippen LogP contribution >= 0.6 is 0 Å². The van der Waals surface area contributed by atoms with Crippen molar-refractivity contribution in [1.82, 2.24) is 9.88 Å². The first kappa shape index (κ1) is 15.3. The van der Waals surface area contributed by atoms with E-state index in [-0.39, 0.29) is 5.69 Å². The van der Waals surface area contributed by atoms with E-state index in [1.54, 1.807) is 20.1 Å². The molecule has 0 amide bonds. The third-order valence-electron chi connectivity index (χ3n) is 2.67. The Balaban J connectivity index is 2.52. The van der Waals surface area contributed by atoms with Gasteiger partial charge in [-0.1, -0.05) is 0 Å². The number of nitrogens with zero attached hydrogens (tertiary/aromatic N) is 3. The molecule has 1 heterocycles. The van der Waals surface area contributed by atoms with E-state index in [4.69, 9.17) is 4.74 Å². The number of rotatable bonds is 8. The molecule has 106 valence electrons. The minimum atomic E-state index is -0.427. The molecule has 0 spiro atoms. The SMILES string of the molecule is COCCN(C)CCNc1nc(C)ccc1[N+](=O)[O-]. The molecule has 0 aliphatic carbocycles. The maximum Gasteiger partial charge on any atom is 0.311 e. The molecule has 19 heavy (non-hydrogen) atoms. The van der Waals surface area contributed by atoms with Crippen LogP contribution in [-0.2, 0) is 4.74 Å². The number of hydrogen-bond donors (Lipinski definition) is 1. The van der Waals surface area contributed by atoms with Crippen LogP contribution in [0.25, 0.3) is 0 Å². The number of pyridine rings is 1. The van der Waals surface area contributed by atoms with Gasteiger partial charge in [-0.05, 0) is 20.0 Å². The average Bonchev–Trinajstić information content (AvgIpc) is 2.36. The van der Waals surface area contributed by atoms with Crippen LogP contribution in [0.1, 0.15) is 5.69 Å².